The third-order valence-corrected chi connectivity index (χ3v) is 3.23. The number of anilines is 1. The van der Waals surface area contributed by atoms with Crippen molar-refractivity contribution < 1.29 is 0 Å². The quantitative estimate of drug-likeness (QED) is 0.738. The predicted molar refractivity (Wildman–Crippen MR) is 60.2 cm³/mol. The van der Waals surface area contributed by atoms with Gasteiger partial charge < -0.3 is 4.90 Å². The van der Waals surface area contributed by atoms with Crippen LogP contribution >= 0.6 is 0 Å². The molecule has 0 aromatic carbocycles. The Morgan fingerprint density at radius 1 is 1.20 bits per heavy atom. The van der Waals surface area contributed by atoms with Crippen molar-refractivity contribution in [2.45, 2.75) is 38.5 Å². The van der Waals surface area contributed by atoms with E-state index in [4.69, 9.17) is 4.98 Å². The highest BCUT2D eigenvalue weighted by molar-refractivity contribution is 5.41. The average Bonchev–Trinajstić information content (AvgIpc) is 2.93. The Morgan fingerprint density at radius 3 is 2.60 bits per heavy atom. The van der Waals surface area contributed by atoms with Crippen LogP contribution in [0.5, 0.6) is 0 Å². The lowest BCUT2D eigenvalue weighted by Gasteiger charge is -2.17. The van der Waals surface area contributed by atoms with E-state index in [1.807, 2.05) is 0 Å². The topological polar surface area (TPSA) is 29.0 Å². The van der Waals surface area contributed by atoms with Gasteiger partial charge in [0.05, 0.1) is 0 Å². The van der Waals surface area contributed by atoms with E-state index < -0.39 is 0 Å². The van der Waals surface area contributed by atoms with Crippen LogP contribution in [0.3, 0.4) is 0 Å². The molecule has 1 aromatic heterocycles. The third kappa shape index (κ3) is 1.83. The van der Waals surface area contributed by atoms with E-state index in [9.17, 15) is 0 Å². The molecule has 3 rings (SSSR count). The number of nitrogens with zero attached hydrogens (tertiary/aromatic N) is 3. The van der Waals surface area contributed by atoms with Crippen LogP contribution in [0.4, 0.5) is 5.82 Å². The molecule has 2 fully saturated rings. The fourth-order valence-corrected chi connectivity index (χ4v) is 2.21. The number of hydrogen-bond donors (Lipinski definition) is 0. The van der Waals surface area contributed by atoms with E-state index in [0.717, 1.165) is 17.3 Å². The summed E-state index contributed by atoms with van der Waals surface area (Å²) in [4.78, 5) is 11.6. The van der Waals surface area contributed by atoms with E-state index in [-0.39, 0.29) is 0 Å². The van der Waals surface area contributed by atoms with Gasteiger partial charge in [0.1, 0.15) is 11.6 Å². The zero-order chi connectivity index (χ0) is 10.3. The number of aryl methyl sites for hydroxylation is 1. The summed E-state index contributed by atoms with van der Waals surface area (Å²) in [5.74, 6) is 2.89. The molecule has 0 atom stereocenters. The Bertz CT molecular complexity index is 365. The van der Waals surface area contributed by atoms with Crippen LogP contribution in [0.25, 0.3) is 0 Å². The van der Waals surface area contributed by atoms with Crippen LogP contribution in [-0.2, 0) is 0 Å². The summed E-state index contributed by atoms with van der Waals surface area (Å²) in [5, 5.41) is 0. The molecule has 1 aliphatic carbocycles. The van der Waals surface area contributed by atoms with Crippen LogP contribution in [0.2, 0.25) is 0 Å². The largest absolute Gasteiger partial charge is 0.357 e. The second kappa shape index (κ2) is 3.47. The first-order valence-electron chi connectivity index (χ1n) is 5.93. The second-order valence-corrected chi connectivity index (χ2v) is 4.69. The first kappa shape index (κ1) is 9.13. The standard InChI is InChI=1S/C12H17N3/c1-9-8-11(15-6-2-3-7-15)14-12(13-9)10-4-5-10/h8,10H,2-7H2,1H3. The van der Waals surface area contributed by atoms with E-state index in [2.05, 4.69) is 22.9 Å². The molecule has 3 nitrogen and oxygen atoms in total. The molecule has 3 heteroatoms. The summed E-state index contributed by atoms with van der Waals surface area (Å²) in [5.41, 5.74) is 1.12. The highest BCUT2D eigenvalue weighted by Crippen LogP contribution is 2.38. The Labute approximate surface area is 90.5 Å². The molecule has 0 unspecified atom stereocenters. The van der Waals surface area contributed by atoms with Crippen molar-refractivity contribution >= 4 is 5.82 Å². The number of hydrogen-bond acceptors (Lipinski definition) is 3. The summed E-state index contributed by atoms with van der Waals surface area (Å²) in [6, 6.07) is 2.12. The number of aromatic nitrogens is 2. The van der Waals surface area contributed by atoms with Gasteiger partial charge in [0.2, 0.25) is 0 Å². The van der Waals surface area contributed by atoms with Crippen LogP contribution in [0.15, 0.2) is 6.07 Å². The molecule has 0 spiro atoms. The Balaban J connectivity index is 1.91. The number of rotatable bonds is 2. The maximum Gasteiger partial charge on any atom is 0.134 e. The van der Waals surface area contributed by atoms with Gasteiger partial charge in [0, 0.05) is 30.8 Å². The van der Waals surface area contributed by atoms with Gasteiger partial charge in [-0.3, -0.25) is 0 Å². The van der Waals surface area contributed by atoms with Crippen LogP contribution in [0.1, 0.15) is 43.1 Å². The molecule has 80 valence electrons. The molecular weight excluding hydrogens is 186 g/mol. The van der Waals surface area contributed by atoms with Gasteiger partial charge >= 0.3 is 0 Å². The van der Waals surface area contributed by atoms with Crippen molar-refractivity contribution in [3.8, 4) is 0 Å². The van der Waals surface area contributed by atoms with Crippen molar-refractivity contribution in [2.75, 3.05) is 18.0 Å². The highest BCUT2D eigenvalue weighted by Gasteiger charge is 2.27. The molecule has 2 aliphatic rings. The minimum Gasteiger partial charge on any atom is -0.357 e. The highest BCUT2D eigenvalue weighted by atomic mass is 15.2. The summed E-state index contributed by atoms with van der Waals surface area (Å²) < 4.78 is 0. The van der Waals surface area contributed by atoms with Gasteiger partial charge in [0.15, 0.2) is 0 Å². The van der Waals surface area contributed by atoms with Crippen molar-refractivity contribution in [2.24, 2.45) is 0 Å². The predicted octanol–water partition coefficient (Wildman–Crippen LogP) is 2.26. The SMILES string of the molecule is Cc1cc(N2CCCC2)nc(C2CC2)n1. The van der Waals surface area contributed by atoms with Gasteiger partial charge in [-0.1, -0.05) is 0 Å². The first-order chi connectivity index (χ1) is 7.33. The lowest BCUT2D eigenvalue weighted by molar-refractivity contribution is 0.859. The minimum absolute atomic E-state index is 0.659. The summed E-state index contributed by atoms with van der Waals surface area (Å²) in [6.07, 6.45) is 5.18. The first-order valence-corrected chi connectivity index (χ1v) is 5.93. The zero-order valence-electron chi connectivity index (χ0n) is 9.24. The molecule has 0 radical (unpaired) electrons. The van der Waals surface area contributed by atoms with Crippen molar-refractivity contribution in [1.82, 2.24) is 9.97 Å². The van der Waals surface area contributed by atoms with Gasteiger partial charge in [-0.25, -0.2) is 9.97 Å². The van der Waals surface area contributed by atoms with E-state index in [1.165, 1.54) is 38.8 Å². The molecule has 15 heavy (non-hydrogen) atoms. The van der Waals surface area contributed by atoms with Gasteiger partial charge in [-0.05, 0) is 32.6 Å². The molecule has 1 saturated carbocycles. The zero-order valence-corrected chi connectivity index (χ0v) is 9.24. The van der Waals surface area contributed by atoms with Crippen LogP contribution < -0.4 is 4.90 Å². The molecule has 1 saturated heterocycles. The van der Waals surface area contributed by atoms with Gasteiger partial charge in [-0.15, -0.1) is 0 Å². The lowest BCUT2D eigenvalue weighted by atomic mass is 10.3. The van der Waals surface area contributed by atoms with Crippen molar-refractivity contribution in [3.63, 3.8) is 0 Å². The molecule has 0 bridgehead atoms. The maximum absolute atomic E-state index is 4.69. The Morgan fingerprint density at radius 2 is 1.93 bits per heavy atom. The second-order valence-electron chi connectivity index (χ2n) is 4.69. The van der Waals surface area contributed by atoms with E-state index in [0.29, 0.717) is 5.92 Å². The van der Waals surface area contributed by atoms with Gasteiger partial charge in [-0.2, -0.15) is 0 Å². The van der Waals surface area contributed by atoms with E-state index in [1.54, 1.807) is 0 Å². The minimum atomic E-state index is 0.659. The van der Waals surface area contributed by atoms with E-state index >= 15 is 0 Å². The van der Waals surface area contributed by atoms with Crippen molar-refractivity contribution in [3.05, 3.63) is 17.6 Å². The summed E-state index contributed by atoms with van der Waals surface area (Å²) in [6.45, 7) is 4.41. The normalized spacial score (nSPS) is 21.0. The van der Waals surface area contributed by atoms with Crippen LogP contribution in [0, 0.1) is 6.92 Å². The smallest absolute Gasteiger partial charge is 0.134 e. The van der Waals surface area contributed by atoms with Crippen LogP contribution in [-0.4, -0.2) is 23.1 Å². The average molecular weight is 203 g/mol. The fraction of sp³-hybridized carbons (Fsp3) is 0.667. The maximum atomic E-state index is 4.69. The Kier molecular flexibility index (Phi) is 2.11. The molecule has 2 heterocycles. The fourth-order valence-electron chi connectivity index (χ4n) is 2.21. The molecule has 0 N–H and O–H groups in total. The Hall–Kier alpha value is -1.12. The monoisotopic (exact) mass is 203 g/mol. The molecular formula is C12H17N3. The molecule has 1 aliphatic heterocycles. The van der Waals surface area contributed by atoms with Gasteiger partial charge in [0.25, 0.3) is 0 Å². The third-order valence-electron chi connectivity index (χ3n) is 3.23. The summed E-state index contributed by atoms with van der Waals surface area (Å²) in [7, 11) is 0. The van der Waals surface area contributed by atoms with Crippen molar-refractivity contribution in [1.29, 1.82) is 0 Å². The lowest BCUT2D eigenvalue weighted by Crippen LogP contribution is -2.20. The molecule has 0 amide bonds. The summed E-state index contributed by atoms with van der Waals surface area (Å²) >= 11 is 0. The molecule has 1 aromatic rings.